The van der Waals surface area contributed by atoms with Crippen LogP contribution in [0.15, 0.2) is 36.4 Å². The Morgan fingerprint density at radius 2 is 1.23 bits per heavy atom. The van der Waals surface area contributed by atoms with Crippen molar-refractivity contribution >= 4 is 70.6 Å². The molecule has 0 spiro atoms. The molecule has 2 aromatic carbocycles. The Labute approximate surface area is 201 Å². The van der Waals surface area contributed by atoms with E-state index in [9.17, 15) is 9.59 Å². The second-order valence-corrected chi connectivity index (χ2v) is 8.45. The van der Waals surface area contributed by atoms with E-state index in [0.717, 1.165) is 13.1 Å². The molecule has 2 aromatic rings. The van der Waals surface area contributed by atoms with Gasteiger partial charge in [-0.05, 0) is 36.4 Å². The van der Waals surface area contributed by atoms with E-state index in [2.05, 4.69) is 10.2 Å². The van der Waals surface area contributed by atoms with Gasteiger partial charge in [-0.15, -0.1) is 12.4 Å². The summed E-state index contributed by atoms with van der Waals surface area (Å²) in [4.78, 5) is 28.8. The molecule has 162 valence electrons. The monoisotopic (exact) mass is 509 g/mol. The smallest absolute Gasteiger partial charge is 0.254 e. The molecule has 1 saturated heterocycles. The van der Waals surface area contributed by atoms with Gasteiger partial charge >= 0.3 is 0 Å². The maximum atomic E-state index is 12.6. The van der Waals surface area contributed by atoms with Gasteiger partial charge in [0.05, 0.1) is 0 Å². The minimum atomic E-state index is -0.221. The highest BCUT2D eigenvalue weighted by Gasteiger charge is 2.22. The first kappa shape index (κ1) is 25.1. The van der Waals surface area contributed by atoms with Crippen LogP contribution in [0.25, 0.3) is 0 Å². The maximum absolute atomic E-state index is 12.6. The van der Waals surface area contributed by atoms with E-state index in [1.807, 2.05) is 0 Å². The lowest BCUT2D eigenvalue weighted by Crippen LogP contribution is -2.50. The average Bonchev–Trinajstić information content (AvgIpc) is 2.66. The number of nitrogens with one attached hydrogen (secondary N) is 1. The molecule has 1 heterocycles. The Hall–Kier alpha value is -1.21. The van der Waals surface area contributed by atoms with Crippen LogP contribution in [0, 0.1) is 0 Å². The summed E-state index contributed by atoms with van der Waals surface area (Å²) in [6.45, 7) is 3.81. The predicted molar refractivity (Wildman–Crippen MR) is 125 cm³/mol. The third kappa shape index (κ3) is 6.91. The minimum Gasteiger partial charge on any atom is -0.351 e. The first-order valence-electron chi connectivity index (χ1n) is 9.04. The Bertz CT molecular complexity index is 874. The van der Waals surface area contributed by atoms with Crippen molar-refractivity contribution in [1.82, 2.24) is 15.1 Å². The van der Waals surface area contributed by atoms with E-state index >= 15 is 0 Å². The number of halogens is 5. The Kier molecular flexibility index (Phi) is 9.54. The number of carbonyl (C=O) groups excluding carboxylic acids is 2. The van der Waals surface area contributed by atoms with E-state index < -0.39 is 0 Å². The van der Waals surface area contributed by atoms with Crippen LogP contribution in [0.1, 0.15) is 20.7 Å². The molecule has 0 unspecified atom stereocenters. The van der Waals surface area contributed by atoms with Crippen LogP contribution in [-0.2, 0) is 0 Å². The van der Waals surface area contributed by atoms with E-state index in [1.165, 1.54) is 0 Å². The highest BCUT2D eigenvalue weighted by molar-refractivity contribution is 6.35. The third-order valence-corrected chi connectivity index (χ3v) is 5.48. The molecule has 0 aliphatic carbocycles. The molecular formula is C20H20Cl5N3O2. The summed E-state index contributed by atoms with van der Waals surface area (Å²) in [5, 5.41) is 4.59. The first-order valence-corrected chi connectivity index (χ1v) is 10.5. The van der Waals surface area contributed by atoms with Crippen molar-refractivity contribution < 1.29 is 9.59 Å². The van der Waals surface area contributed by atoms with Gasteiger partial charge in [0.2, 0.25) is 0 Å². The van der Waals surface area contributed by atoms with Crippen LogP contribution in [0.5, 0.6) is 0 Å². The van der Waals surface area contributed by atoms with Crippen LogP contribution in [-0.4, -0.2) is 60.9 Å². The molecular weight excluding hydrogens is 492 g/mol. The molecule has 1 fully saturated rings. The second-order valence-electron chi connectivity index (χ2n) is 6.71. The molecule has 0 atom stereocenters. The normalized spacial score (nSPS) is 14.2. The number of carbonyl (C=O) groups is 2. The van der Waals surface area contributed by atoms with Gasteiger partial charge in [0, 0.05) is 70.5 Å². The van der Waals surface area contributed by atoms with Gasteiger partial charge < -0.3 is 10.2 Å². The van der Waals surface area contributed by atoms with Crippen LogP contribution >= 0.6 is 58.8 Å². The van der Waals surface area contributed by atoms with Gasteiger partial charge in [-0.1, -0.05) is 46.4 Å². The summed E-state index contributed by atoms with van der Waals surface area (Å²) < 4.78 is 0. The Morgan fingerprint density at radius 3 is 1.73 bits per heavy atom. The van der Waals surface area contributed by atoms with Crippen LogP contribution in [0.2, 0.25) is 20.1 Å². The first-order chi connectivity index (χ1) is 13.8. The van der Waals surface area contributed by atoms with Crippen molar-refractivity contribution in [3.63, 3.8) is 0 Å². The van der Waals surface area contributed by atoms with Crippen LogP contribution in [0.3, 0.4) is 0 Å². The third-order valence-electron chi connectivity index (χ3n) is 4.61. The van der Waals surface area contributed by atoms with E-state index in [4.69, 9.17) is 46.4 Å². The Balaban J connectivity index is 0.00000320. The van der Waals surface area contributed by atoms with Gasteiger partial charge in [0.15, 0.2) is 0 Å². The molecule has 0 bridgehead atoms. The largest absolute Gasteiger partial charge is 0.351 e. The van der Waals surface area contributed by atoms with Crippen molar-refractivity contribution in [3.05, 3.63) is 67.6 Å². The SMILES string of the molecule is Cl.O=C(NCCN1CCN(C(=O)c2cc(Cl)cc(Cl)c2)CC1)c1cc(Cl)cc(Cl)c1. The van der Waals surface area contributed by atoms with Crippen molar-refractivity contribution in [2.24, 2.45) is 0 Å². The molecule has 0 radical (unpaired) electrons. The number of nitrogens with zero attached hydrogens (tertiary/aromatic N) is 2. The van der Waals surface area contributed by atoms with E-state index in [-0.39, 0.29) is 24.2 Å². The molecule has 10 heteroatoms. The van der Waals surface area contributed by atoms with Crippen molar-refractivity contribution in [2.45, 2.75) is 0 Å². The van der Waals surface area contributed by atoms with Crippen molar-refractivity contribution in [2.75, 3.05) is 39.3 Å². The number of benzene rings is 2. The number of hydrogen-bond acceptors (Lipinski definition) is 3. The van der Waals surface area contributed by atoms with Crippen molar-refractivity contribution in [3.8, 4) is 0 Å². The molecule has 3 rings (SSSR count). The summed E-state index contributed by atoms with van der Waals surface area (Å²) in [5.74, 6) is -0.304. The highest BCUT2D eigenvalue weighted by Crippen LogP contribution is 2.21. The van der Waals surface area contributed by atoms with E-state index in [0.29, 0.717) is 57.4 Å². The number of amides is 2. The maximum Gasteiger partial charge on any atom is 0.254 e. The fourth-order valence-electron chi connectivity index (χ4n) is 3.15. The summed E-state index contributed by atoms with van der Waals surface area (Å²) in [6.07, 6.45) is 0. The fraction of sp³-hybridized carbons (Fsp3) is 0.300. The lowest BCUT2D eigenvalue weighted by Gasteiger charge is -2.34. The molecule has 0 saturated carbocycles. The molecule has 30 heavy (non-hydrogen) atoms. The zero-order chi connectivity index (χ0) is 21.0. The van der Waals surface area contributed by atoms with Gasteiger partial charge in [0.1, 0.15) is 0 Å². The van der Waals surface area contributed by atoms with Gasteiger partial charge in [-0.3, -0.25) is 14.5 Å². The van der Waals surface area contributed by atoms with E-state index in [1.54, 1.807) is 41.3 Å². The standard InChI is InChI=1S/C20H19Cl4N3O2.ClH/c21-15-7-13(8-16(22)11-15)19(28)25-1-2-26-3-5-27(6-4-26)20(29)14-9-17(23)12-18(24)10-14;/h7-12H,1-6H2,(H,25,28);1H. The zero-order valence-corrected chi connectivity index (χ0v) is 19.7. The minimum absolute atomic E-state index is 0. The molecule has 1 N–H and O–H groups in total. The Morgan fingerprint density at radius 1 is 0.767 bits per heavy atom. The topological polar surface area (TPSA) is 52.7 Å². The summed E-state index contributed by atoms with van der Waals surface area (Å²) in [6, 6.07) is 9.59. The number of rotatable bonds is 5. The average molecular weight is 512 g/mol. The summed E-state index contributed by atoms with van der Waals surface area (Å²) in [7, 11) is 0. The fourth-order valence-corrected chi connectivity index (χ4v) is 4.20. The molecule has 1 aliphatic heterocycles. The number of piperazine rings is 1. The second kappa shape index (κ2) is 11.4. The molecule has 1 aliphatic rings. The zero-order valence-electron chi connectivity index (χ0n) is 15.8. The predicted octanol–water partition coefficient (Wildman–Crippen LogP) is 4.91. The van der Waals surface area contributed by atoms with Gasteiger partial charge in [-0.25, -0.2) is 0 Å². The molecule has 5 nitrogen and oxygen atoms in total. The molecule has 0 aromatic heterocycles. The van der Waals surface area contributed by atoms with Gasteiger partial charge in [-0.2, -0.15) is 0 Å². The lowest BCUT2D eigenvalue weighted by molar-refractivity contribution is 0.0638. The van der Waals surface area contributed by atoms with Crippen LogP contribution in [0.4, 0.5) is 0 Å². The summed E-state index contributed by atoms with van der Waals surface area (Å²) in [5.41, 5.74) is 0.918. The quantitative estimate of drug-likeness (QED) is 0.621. The van der Waals surface area contributed by atoms with Gasteiger partial charge in [0.25, 0.3) is 11.8 Å². The highest BCUT2D eigenvalue weighted by atomic mass is 35.5. The summed E-state index contributed by atoms with van der Waals surface area (Å²) >= 11 is 23.8. The molecule has 2 amide bonds. The van der Waals surface area contributed by atoms with Crippen LogP contribution < -0.4 is 5.32 Å². The number of hydrogen-bond donors (Lipinski definition) is 1. The van der Waals surface area contributed by atoms with Crippen molar-refractivity contribution in [1.29, 1.82) is 0 Å². The lowest BCUT2D eigenvalue weighted by atomic mass is 10.2.